The van der Waals surface area contributed by atoms with Crippen molar-refractivity contribution in [3.05, 3.63) is 0 Å². The fraction of sp³-hybridized carbons (Fsp3) is 1.00. The van der Waals surface area contributed by atoms with Crippen LogP contribution in [0.2, 0.25) is 0 Å². The molecule has 0 radical (unpaired) electrons. The van der Waals surface area contributed by atoms with Crippen LogP contribution in [0.5, 0.6) is 0 Å². The van der Waals surface area contributed by atoms with Crippen molar-refractivity contribution in [2.75, 3.05) is 13.1 Å². The normalized spacial score (nSPS) is 31.8. The molecule has 2 atom stereocenters. The summed E-state index contributed by atoms with van der Waals surface area (Å²) < 4.78 is 23.7. The lowest BCUT2D eigenvalue weighted by molar-refractivity contribution is 0.346. The average molecular weight is 193 g/mol. The van der Waals surface area contributed by atoms with Crippen molar-refractivity contribution in [3.63, 3.8) is 0 Å². The molecule has 72 valence electrons. The van der Waals surface area contributed by atoms with E-state index in [9.17, 15) is 8.42 Å². The largest absolute Gasteiger partial charge is 0.315 e. The van der Waals surface area contributed by atoms with Gasteiger partial charge in [0.15, 0.2) is 0 Å². The van der Waals surface area contributed by atoms with Gasteiger partial charge in [-0.25, -0.2) is 5.14 Å². The predicted molar refractivity (Wildman–Crippen MR) is 46.7 cm³/mol. The van der Waals surface area contributed by atoms with Crippen LogP contribution in [-0.2, 0) is 10.2 Å². The fourth-order valence-electron chi connectivity index (χ4n) is 1.48. The molecule has 5 nitrogen and oxygen atoms in total. The number of rotatable bonds is 2. The Bertz CT molecular complexity index is 239. The van der Waals surface area contributed by atoms with Crippen LogP contribution in [0.25, 0.3) is 0 Å². The first-order valence-corrected chi connectivity index (χ1v) is 5.53. The predicted octanol–water partition coefficient (Wildman–Crippen LogP) is -1.22. The van der Waals surface area contributed by atoms with E-state index in [2.05, 4.69) is 17.0 Å². The third-order valence-corrected chi connectivity index (χ3v) is 2.56. The topological polar surface area (TPSA) is 84.2 Å². The second kappa shape index (κ2) is 3.69. The van der Waals surface area contributed by atoms with Gasteiger partial charge in [-0.15, -0.1) is 0 Å². The number of hydrogen-bond acceptors (Lipinski definition) is 3. The van der Waals surface area contributed by atoms with Crippen molar-refractivity contribution in [1.82, 2.24) is 10.0 Å². The molecule has 0 spiro atoms. The number of piperidine rings is 1. The Hall–Kier alpha value is -0.170. The molecule has 12 heavy (non-hydrogen) atoms. The van der Waals surface area contributed by atoms with Crippen LogP contribution in [-0.4, -0.2) is 27.5 Å². The van der Waals surface area contributed by atoms with Crippen molar-refractivity contribution in [3.8, 4) is 0 Å². The SMILES string of the molecule is CC1CNCC(NS(N)(=O)=O)C1. The molecule has 0 amide bonds. The minimum atomic E-state index is -3.54. The van der Waals surface area contributed by atoms with Gasteiger partial charge in [0.25, 0.3) is 10.2 Å². The molecule has 0 aromatic heterocycles. The van der Waals surface area contributed by atoms with Gasteiger partial charge in [-0.3, -0.25) is 0 Å². The third kappa shape index (κ3) is 3.48. The zero-order chi connectivity index (χ0) is 9.19. The van der Waals surface area contributed by atoms with E-state index in [1.54, 1.807) is 0 Å². The summed E-state index contributed by atoms with van der Waals surface area (Å²) in [5.41, 5.74) is 0. The van der Waals surface area contributed by atoms with Crippen molar-refractivity contribution in [1.29, 1.82) is 0 Å². The third-order valence-electron chi connectivity index (χ3n) is 1.90. The molecule has 0 aromatic carbocycles. The molecule has 0 aliphatic carbocycles. The van der Waals surface area contributed by atoms with E-state index in [1.807, 2.05) is 0 Å². The number of nitrogens with one attached hydrogen (secondary N) is 2. The van der Waals surface area contributed by atoms with Crippen LogP contribution >= 0.6 is 0 Å². The van der Waals surface area contributed by atoms with Gasteiger partial charge in [0.1, 0.15) is 0 Å². The maximum absolute atomic E-state index is 10.6. The second-order valence-corrected chi connectivity index (χ2v) is 4.68. The molecular formula is C6H15N3O2S. The summed E-state index contributed by atoms with van der Waals surface area (Å²) >= 11 is 0. The van der Waals surface area contributed by atoms with E-state index < -0.39 is 10.2 Å². The Morgan fingerprint density at radius 3 is 2.67 bits per heavy atom. The highest BCUT2D eigenvalue weighted by Gasteiger charge is 2.20. The maximum Gasteiger partial charge on any atom is 0.274 e. The molecule has 2 unspecified atom stereocenters. The number of hydrogen-bond donors (Lipinski definition) is 3. The van der Waals surface area contributed by atoms with Gasteiger partial charge in [-0.1, -0.05) is 6.92 Å². The van der Waals surface area contributed by atoms with Crippen molar-refractivity contribution < 1.29 is 8.42 Å². The quantitative estimate of drug-likeness (QED) is 0.514. The van der Waals surface area contributed by atoms with Crippen LogP contribution in [0.3, 0.4) is 0 Å². The Morgan fingerprint density at radius 2 is 2.17 bits per heavy atom. The minimum absolute atomic E-state index is 0.0521. The van der Waals surface area contributed by atoms with Gasteiger partial charge in [0.2, 0.25) is 0 Å². The summed E-state index contributed by atoms with van der Waals surface area (Å²) in [7, 11) is -3.54. The molecule has 0 aromatic rings. The smallest absolute Gasteiger partial charge is 0.274 e. The van der Waals surface area contributed by atoms with Crippen molar-refractivity contribution in [2.24, 2.45) is 11.1 Å². The van der Waals surface area contributed by atoms with Gasteiger partial charge in [0, 0.05) is 12.6 Å². The first kappa shape index (κ1) is 9.91. The van der Waals surface area contributed by atoms with E-state index in [1.165, 1.54) is 0 Å². The monoisotopic (exact) mass is 193 g/mol. The molecular weight excluding hydrogens is 178 g/mol. The van der Waals surface area contributed by atoms with E-state index in [-0.39, 0.29) is 6.04 Å². The summed E-state index contributed by atoms with van der Waals surface area (Å²) in [5.74, 6) is 0.498. The summed E-state index contributed by atoms with van der Waals surface area (Å²) in [4.78, 5) is 0. The summed E-state index contributed by atoms with van der Waals surface area (Å²) in [6, 6.07) is -0.0521. The fourth-order valence-corrected chi connectivity index (χ4v) is 2.12. The molecule has 0 saturated carbocycles. The minimum Gasteiger partial charge on any atom is -0.315 e. The van der Waals surface area contributed by atoms with Crippen molar-refractivity contribution in [2.45, 2.75) is 19.4 Å². The molecule has 0 bridgehead atoms. The van der Waals surface area contributed by atoms with Crippen LogP contribution in [0.15, 0.2) is 0 Å². The maximum atomic E-state index is 10.6. The molecule has 6 heteroatoms. The van der Waals surface area contributed by atoms with E-state index in [0.29, 0.717) is 12.5 Å². The highest BCUT2D eigenvalue weighted by molar-refractivity contribution is 7.87. The lowest BCUT2D eigenvalue weighted by atomic mass is 9.99. The van der Waals surface area contributed by atoms with Crippen LogP contribution < -0.4 is 15.2 Å². The van der Waals surface area contributed by atoms with Crippen LogP contribution in [0.4, 0.5) is 0 Å². The van der Waals surface area contributed by atoms with Crippen molar-refractivity contribution >= 4 is 10.2 Å². The molecule has 1 aliphatic rings. The summed E-state index contributed by atoms with van der Waals surface area (Å²) in [6.07, 6.45) is 0.851. The molecule has 1 aliphatic heterocycles. The zero-order valence-corrected chi connectivity index (χ0v) is 7.89. The highest BCUT2D eigenvalue weighted by atomic mass is 32.2. The molecule has 1 saturated heterocycles. The lowest BCUT2D eigenvalue weighted by Crippen LogP contribution is -2.49. The van der Waals surface area contributed by atoms with E-state index >= 15 is 0 Å². The van der Waals surface area contributed by atoms with Gasteiger partial charge in [0.05, 0.1) is 0 Å². The van der Waals surface area contributed by atoms with Crippen LogP contribution in [0, 0.1) is 5.92 Å². The van der Waals surface area contributed by atoms with Gasteiger partial charge in [-0.05, 0) is 18.9 Å². The highest BCUT2D eigenvalue weighted by Crippen LogP contribution is 2.09. The van der Waals surface area contributed by atoms with Crippen LogP contribution in [0.1, 0.15) is 13.3 Å². The van der Waals surface area contributed by atoms with Gasteiger partial charge in [-0.2, -0.15) is 13.1 Å². The lowest BCUT2D eigenvalue weighted by Gasteiger charge is -2.27. The van der Waals surface area contributed by atoms with E-state index in [0.717, 1.165) is 13.0 Å². The van der Waals surface area contributed by atoms with Gasteiger partial charge < -0.3 is 5.32 Å². The zero-order valence-electron chi connectivity index (χ0n) is 7.08. The van der Waals surface area contributed by atoms with E-state index in [4.69, 9.17) is 5.14 Å². The Kier molecular flexibility index (Phi) is 3.05. The Balaban J connectivity index is 2.43. The molecule has 1 fully saturated rings. The number of nitrogens with two attached hydrogens (primary N) is 1. The molecule has 1 heterocycles. The second-order valence-electron chi connectivity index (χ2n) is 3.36. The Labute approximate surface area is 72.9 Å². The summed E-state index contributed by atoms with van der Waals surface area (Å²) in [6.45, 7) is 3.69. The summed E-state index contributed by atoms with van der Waals surface area (Å²) in [5, 5.41) is 7.97. The Morgan fingerprint density at radius 1 is 1.50 bits per heavy atom. The molecule has 1 rings (SSSR count). The first-order valence-electron chi connectivity index (χ1n) is 3.98. The van der Waals surface area contributed by atoms with Gasteiger partial charge >= 0.3 is 0 Å². The average Bonchev–Trinajstić information content (AvgIpc) is 1.82. The molecule has 4 N–H and O–H groups in total. The first-order chi connectivity index (χ1) is 5.47. The standard InChI is InChI=1S/C6H15N3O2S/c1-5-2-6(4-8-3-5)9-12(7,10)11/h5-6,8-9H,2-4H2,1H3,(H2,7,10,11).